The monoisotopic (exact) mass is 346 g/mol. The van der Waals surface area contributed by atoms with E-state index in [1.54, 1.807) is 6.07 Å². The number of carbonyl (C=O) groups excluding carboxylic acids is 1. The van der Waals surface area contributed by atoms with Crippen molar-refractivity contribution in [2.75, 3.05) is 0 Å². The van der Waals surface area contributed by atoms with E-state index >= 15 is 0 Å². The van der Waals surface area contributed by atoms with Gasteiger partial charge in [-0.15, -0.1) is 0 Å². The number of hydrogen-bond acceptors (Lipinski definition) is 4. The molecular formula is C20H18N4O2. The summed E-state index contributed by atoms with van der Waals surface area (Å²) in [5.74, 6) is 0.822. The van der Waals surface area contributed by atoms with Crippen molar-refractivity contribution in [2.24, 2.45) is 0 Å². The summed E-state index contributed by atoms with van der Waals surface area (Å²) in [7, 11) is 0. The second-order valence-corrected chi connectivity index (χ2v) is 6.18. The van der Waals surface area contributed by atoms with Crippen molar-refractivity contribution in [1.29, 1.82) is 0 Å². The van der Waals surface area contributed by atoms with Crippen molar-refractivity contribution < 1.29 is 9.32 Å². The van der Waals surface area contributed by atoms with E-state index in [0.29, 0.717) is 23.7 Å². The van der Waals surface area contributed by atoms with Crippen molar-refractivity contribution in [1.82, 2.24) is 20.4 Å². The Morgan fingerprint density at radius 3 is 2.88 bits per heavy atom. The van der Waals surface area contributed by atoms with E-state index in [-0.39, 0.29) is 11.9 Å². The number of hydrogen-bond donors (Lipinski definition) is 2. The predicted octanol–water partition coefficient (Wildman–Crippen LogP) is 3.63. The number of benzene rings is 2. The molecule has 0 aliphatic rings. The van der Waals surface area contributed by atoms with E-state index in [0.717, 1.165) is 16.5 Å². The maximum atomic E-state index is 12.5. The Balaban J connectivity index is 1.44. The number of amides is 1. The van der Waals surface area contributed by atoms with E-state index in [1.165, 1.54) is 0 Å². The van der Waals surface area contributed by atoms with Crippen molar-refractivity contribution in [2.45, 2.75) is 19.4 Å². The molecule has 1 amide bonds. The highest BCUT2D eigenvalue weighted by Gasteiger charge is 2.17. The lowest BCUT2D eigenvalue weighted by Crippen LogP contribution is -2.27. The smallest absolute Gasteiger partial charge is 0.251 e. The average molecular weight is 346 g/mol. The van der Waals surface area contributed by atoms with E-state index in [1.807, 2.05) is 61.7 Å². The van der Waals surface area contributed by atoms with Crippen LogP contribution < -0.4 is 5.32 Å². The van der Waals surface area contributed by atoms with Gasteiger partial charge < -0.3 is 14.8 Å². The summed E-state index contributed by atoms with van der Waals surface area (Å²) in [6, 6.07) is 17.0. The van der Waals surface area contributed by atoms with Crippen molar-refractivity contribution in [3.63, 3.8) is 0 Å². The molecule has 6 heteroatoms. The third kappa shape index (κ3) is 3.35. The summed E-state index contributed by atoms with van der Waals surface area (Å²) in [5.41, 5.74) is 2.69. The van der Waals surface area contributed by atoms with Crippen LogP contribution in [0.5, 0.6) is 0 Å². The SMILES string of the molecule is CC(NC(=O)c1ccc2[nH]ccc2c1)c1noc(Cc2ccccc2)n1. The Morgan fingerprint density at radius 1 is 1.19 bits per heavy atom. The summed E-state index contributed by atoms with van der Waals surface area (Å²) in [6.07, 6.45) is 2.42. The second kappa shape index (κ2) is 6.84. The largest absolute Gasteiger partial charge is 0.361 e. The van der Waals surface area contributed by atoms with Gasteiger partial charge in [0.15, 0.2) is 5.82 Å². The van der Waals surface area contributed by atoms with Crippen LogP contribution >= 0.6 is 0 Å². The Kier molecular flexibility index (Phi) is 4.23. The van der Waals surface area contributed by atoms with Crippen LogP contribution in [0.15, 0.2) is 65.3 Å². The fourth-order valence-electron chi connectivity index (χ4n) is 2.83. The van der Waals surface area contributed by atoms with Gasteiger partial charge in [0.2, 0.25) is 5.89 Å². The molecule has 2 heterocycles. The van der Waals surface area contributed by atoms with Crippen molar-refractivity contribution >= 4 is 16.8 Å². The summed E-state index contributed by atoms with van der Waals surface area (Å²) in [5, 5.41) is 7.90. The topological polar surface area (TPSA) is 83.8 Å². The van der Waals surface area contributed by atoms with Crippen LogP contribution in [0, 0.1) is 0 Å². The number of nitrogens with zero attached hydrogens (tertiary/aromatic N) is 2. The molecule has 26 heavy (non-hydrogen) atoms. The molecule has 0 saturated heterocycles. The maximum Gasteiger partial charge on any atom is 0.251 e. The Hall–Kier alpha value is -3.41. The van der Waals surface area contributed by atoms with Crippen LogP contribution in [-0.2, 0) is 6.42 Å². The molecule has 0 spiro atoms. The van der Waals surface area contributed by atoms with E-state index in [9.17, 15) is 4.79 Å². The molecular weight excluding hydrogens is 328 g/mol. The molecule has 4 rings (SSSR count). The van der Waals surface area contributed by atoms with Gasteiger partial charge in [-0.25, -0.2) is 0 Å². The molecule has 2 aromatic carbocycles. The molecule has 0 saturated carbocycles. The van der Waals surface area contributed by atoms with Gasteiger partial charge in [0.05, 0.1) is 12.5 Å². The van der Waals surface area contributed by atoms with Gasteiger partial charge in [-0.3, -0.25) is 4.79 Å². The molecule has 1 atom stereocenters. The minimum absolute atomic E-state index is 0.171. The highest BCUT2D eigenvalue weighted by molar-refractivity contribution is 5.98. The van der Waals surface area contributed by atoms with Crippen molar-refractivity contribution in [3.8, 4) is 0 Å². The first-order chi connectivity index (χ1) is 12.7. The Labute approximate surface area is 150 Å². The van der Waals surface area contributed by atoms with E-state index < -0.39 is 0 Å². The molecule has 6 nitrogen and oxygen atoms in total. The molecule has 1 unspecified atom stereocenters. The summed E-state index contributed by atoms with van der Waals surface area (Å²) in [4.78, 5) is 20.0. The lowest BCUT2D eigenvalue weighted by atomic mass is 10.1. The number of carbonyl (C=O) groups is 1. The van der Waals surface area contributed by atoms with Gasteiger partial charge >= 0.3 is 0 Å². The number of aromatic nitrogens is 3. The first kappa shape index (κ1) is 16.1. The minimum atomic E-state index is -0.349. The number of fused-ring (bicyclic) bond motifs is 1. The van der Waals surface area contributed by atoms with Gasteiger partial charge in [0.25, 0.3) is 5.91 Å². The molecule has 0 radical (unpaired) electrons. The van der Waals surface area contributed by atoms with Gasteiger partial charge in [0.1, 0.15) is 0 Å². The summed E-state index contributed by atoms with van der Waals surface area (Å²) < 4.78 is 5.31. The predicted molar refractivity (Wildman–Crippen MR) is 97.7 cm³/mol. The molecule has 130 valence electrons. The lowest BCUT2D eigenvalue weighted by molar-refractivity contribution is 0.0938. The first-order valence-corrected chi connectivity index (χ1v) is 8.43. The Bertz CT molecular complexity index is 1040. The van der Waals surface area contributed by atoms with Crippen LogP contribution in [0.1, 0.15) is 40.6 Å². The van der Waals surface area contributed by atoms with E-state index in [2.05, 4.69) is 20.4 Å². The van der Waals surface area contributed by atoms with Gasteiger partial charge in [-0.1, -0.05) is 35.5 Å². The maximum absolute atomic E-state index is 12.5. The highest BCUT2D eigenvalue weighted by Crippen LogP contribution is 2.16. The highest BCUT2D eigenvalue weighted by atomic mass is 16.5. The zero-order chi connectivity index (χ0) is 17.9. The molecule has 0 bridgehead atoms. The molecule has 0 aliphatic carbocycles. The lowest BCUT2D eigenvalue weighted by Gasteiger charge is -2.10. The van der Waals surface area contributed by atoms with Crippen molar-refractivity contribution in [3.05, 3.63) is 83.6 Å². The third-order valence-electron chi connectivity index (χ3n) is 4.23. The van der Waals surface area contributed by atoms with Gasteiger partial charge in [-0.2, -0.15) is 4.98 Å². The van der Waals surface area contributed by atoms with Gasteiger partial charge in [0, 0.05) is 22.7 Å². The van der Waals surface area contributed by atoms with Crippen LogP contribution in [0.4, 0.5) is 0 Å². The number of rotatable bonds is 5. The molecule has 4 aromatic rings. The molecule has 2 aromatic heterocycles. The molecule has 0 aliphatic heterocycles. The fraction of sp³-hybridized carbons (Fsp3) is 0.150. The molecule has 0 fully saturated rings. The minimum Gasteiger partial charge on any atom is -0.361 e. The van der Waals surface area contributed by atoms with Crippen LogP contribution in [0.25, 0.3) is 10.9 Å². The van der Waals surface area contributed by atoms with Crippen LogP contribution in [-0.4, -0.2) is 21.0 Å². The number of aromatic amines is 1. The second-order valence-electron chi connectivity index (χ2n) is 6.18. The molecule has 2 N–H and O–H groups in total. The normalized spacial score (nSPS) is 12.2. The number of nitrogens with one attached hydrogen (secondary N) is 2. The summed E-state index contributed by atoms with van der Waals surface area (Å²) >= 11 is 0. The number of H-pyrrole nitrogens is 1. The third-order valence-corrected chi connectivity index (χ3v) is 4.23. The first-order valence-electron chi connectivity index (χ1n) is 8.43. The Morgan fingerprint density at radius 2 is 2.04 bits per heavy atom. The average Bonchev–Trinajstić information content (AvgIpc) is 3.31. The zero-order valence-corrected chi connectivity index (χ0v) is 14.3. The quantitative estimate of drug-likeness (QED) is 0.578. The van der Waals surface area contributed by atoms with E-state index in [4.69, 9.17) is 4.52 Å². The van der Waals surface area contributed by atoms with Crippen LogP contribution in [0.2, 0.25) is 0 Å². The van der Waals surface area contributed by atoms with Crippen LogP contribution in [0.3, 0.4) is 0 Å². The summed E-state index contributed by atoms with van der Waals surface area (Å²) in [6.45, 7) is 1.84. The fourth-order valence-corrected chi connectivity index (χ4v) is 2.83. The zero-order valence-electron chi connectivity index (χ0n) is 14.3. The van der Waals surface area contributed by atoms with Gasteiger partial charge in [-0.05, 0) is 36.8 Å². The standard InChI is InChI=1S/C20H18N4O2/c1-13(19-23-18(26-24-19)11-14-5-3-2-4-6-14)22-20(25)16-7-8-17-15(12-16)9-10-21-17/h2-10,12-13,21H,11H2,1H3,(H,22,25).